The molecule has 3 N–H and O–H groups in total. The number of fused-ring (bicyclic) bond motifs is 1. The van der Waals surface area contributed by atoms with Crippen LogP contribution in [0, 0.1) is 29.6 Å². The van der Waals surface area contributed by atoms with Crippen LogP contribution in [0.5, 0.6) is 11.5 Å². The Labute approximate surface area is 156 Å². The fourth-order valence-corrected chi connectivity index (χ4v) is 3.27. The van der Waals surface area contributed by atoms with Crippen molar-refractivity contribution in [3.63, 3.8) is 0 Å². The molecule has 1 aromatic carbocycles. The smallest absolute Gasteiger partial charge is 0.161 e. The van der Waals surface area contributed by atoms with E-state index in [1.807, 2.05) is 25.1 Å². The number of nitrogen functional groups attached to an aromatic ring is 1. The number of nitrogens with two attached hydrogens (primary N) is 1. The molecular weight excluding hydrogens is 340 g/mol. The maximum atomic E-state index is 9.59. The van der Waals surface area contributed by atoms with Crippen molar-refractivity contribution in [3.05, 3.63) is 50.9 Å². The third-order valence-electron chi connectivity index (χ3n) is 4.62. The zero-order valence-electron chi connectivity index (χ0n) is 15.3. The highest BCUT2D eigenvalue weighted by Gasteiger charge is 2.21. The van der Waals surface area contributed by atoms with Crippen molar-refractivity contribution in [2.75, 3.05) is 20.0 Å². The summed E-state index contributed by atoms with van der Waals surface area (Å²) in [4.78, 5) is 2.99. The van der Waals surface area contributed by atoms with Crippen molar-refractivity contribution in [2.45, 2.75) is 6.92 Å². The predicted molar refractivity (Wildman–Crippen MR) is 104 cm³/mol. The number of aromatic amines is 1. The van der Waals surface area contributed by atoms with Crippen LogP contribution in [-0.2, 0) is 0 Å². The Morgan fingerprint density at radius 1 is 1.11 bits per heavy atom. The number of anilines is 1. The normalized spacial score (nSPS) is 11.2. The molecule has 1 heterocycles. The van der Waals surface area contributed by atoms with Crippen LogP contribution in [0.25, 0.3) is 23.9 Å². The summed E-state index contributed by atoms with van der Waals surface area (Å²) >= 11 is 0. The van der Waals surface area contributed by atoms with E-state index in [1.165, 1.54) is 0 Å². The summed E-state index contributed by atoms with van der Waals surface area (Å²) in [5, 5.41) is 20.4. The van der Waals surface area contributed by atoms with Gasteiger partial charge in [0.15, 0.2) is 11.5 Å². The molecule has 0 bridgehead atoms. The van der Waals surface area contributed by atoms with Crippen molar-refractivity contribution >= 4 is 18.5 Å². The first-order valence-corrected chi connectivity index (χ1v) is 8.13. The number of nitriles is 2. The number of pyridine rings is 1. The van der Waals surface area contributed by atoms with Crippen LogP contribution in [-0.4, -0.2) is 19.2 Å². The second kappa shape index (κ2) is 6.78. The number of ether oxygens (including phenoxy) is 2. The molecule has 0 unspecified atom stereocenters. The van der Waals surface area contributed by atoms with Gasteiger partial charge >= 0.3 is 0 Å². The fourth-order valence-electron chi connectivity index (χ4n) is 3.27. The molecule has 0 radical (unpaired) electrons. The molecule has 6 heteroatoms. The molecule has 0 aromatic heterocycles. The number of nitrogens with one attached hydrogen (secondary N) is 1. The van der Waals surface area contributed by atoms with Crippen LogP contribution in [0.2, 0.25) is 0 Å². The maximum absolute atomic E-state index is 9.59. The Morgan fingerprint density at radius 2 is 1.78 bits per heavy atom. The lowest BCUT2D eigenvalue weighted by Gasteiger charge is -2.11. The van der Waals surface area contributed by atoms with E-state index in [2.05, 4.69) is 23.7 Å². The molecule has 134 valence electrons. The molecule has 0 fully saturated rings. The minimum absolute atomic E-state index is 0.238. The highest BCUT2D eigenvalue weighted by molar-refractivity contribution is 5.81. The highest BCUT2D eigenvalue weighted by atomic mass is 16.5. The van der Waals surface area contributed by atoms with Crippen LogP contribution < -0.4 is 25.6 Å². The minimum atomic E-state index is 0.238. The van der Waals surface area contributed by atoms with Gasteiger partial charge in [-0.05, 0) is 46.7 Å². The van der Waals surface area contributed by atoms with E-state index >= 15 is 0 Å². The number of aromatic nitrogens is 1. The largest absolute Gasteiger partial charge is 0.493 e. The van der Waals surface area contributed by atoms with Crippen LogP contribution in [0.15, 0.2) is 18.2 Å². The van der Waals surface area contributed by atoms with Crippen molar-refractivity contribution in [1.29, 1.82) is 10.5 Å². The van der Waals surface area contributed by atoms with E-state index in [1.54, 1.807) is 20.3 Å². The zero-order valence-corrected chi connectivity index (χ0v) is 15.3. The topological polar surface area (TPSA) is 108 Å². The summed E-state index contributed by atoms with van der Waals surface area (Å²) < 4.78 is 10.6. The summed E-state index contributed by atoms with van der Waals surface area (Å²) in [5.41, 5.74) is 9.64. The van der Waals surface area contributed by atoms with Crippen molar-refractivity contribution in [2.24, 2.45) is 0 Å². The van der Waals surface area contributed by atoms with E-state index < -0.39 is 0 Å². The number of methoxy groups -OCH3 is 2. The van der Waals surface area contributed by atoms with E-state index in [4.69, 9.17) is 15.2 Å². The number of hydrogen-bond donors (Lipinski definition) is 2. The molecule has 0 saturated heterocycles. The lowest BCUT2D eigenvalue weighted by molar-refractivity contribution is 0.355. The van der Waals surface area contributed by atoms with Gasteiger partial charge in [-0.3, -0.25) is 0 Å². The Hall–Kier alpha value is -3.90. The van der Waals surface area contributed by atoms with Crippen molar-refractivity contribution in [1.82, 2.24) is 4.98 Å². The lowest BCUT2D eigenvalue weighted by Crippen LogP contribution is -2.21. The quantitative estimate of drug-likeness (QED) is 0.744. The fraction of sp³-hybridized carbons (Fsp3) is 0.143. The van der Waals surface area contributed by atoms with Gasteiger partial charge in [-0.2, -0.15) is 10.5 Å². The highest BCUT2D eigenvalue weighted by Crippen LogP contribution is 2.30. The summed E-state index contributed by atoms with van der Waals surface area (Å²) in [6, 6.07) is 9.82. The van der Waals surface area contributed by atoms with E-state index in [0.717, 1.165) is 16.3 Å². The number of H-pyrrole nitrogens is 1. The summed E-state index contributed by atoms with van der Waals surface area (Å²) in [6.45, 7) is 5.89. The van der Waals surface area contributed by atoms with Gasteiger partial charge in [-0.1, -0.05) is 12.6 Å². The zero-order chi connectivity index (χ0) is 19.7. The monoisotopic (exact) mass is 358 g/mol. The minimum Gasteiger partial charge on any atom is -0.493 e. The number of benzene rings is 1. The molecule has 0 atom stereocenters. The number of hydrogen-bond acceptors (Lipinski definition) is 5. The molecule has 6 nitrogen and oxygen atoms in total. The van der Waals surface area contributed by atoms with Gasteiger partial charge in [0.25, 0.3) is 0 Å². The van der Waals surface area contributed by atoms with Crippen LogP contribution in [0.3, 0.4) is 0 Å². The first-order valence-electron chi connectivity index (χ1n) is 8.13. The Morgan fingerprint density at radius 3 is 2.37 bits per heavy atom. The third kappa shape index (κ3) is 2.74. The molecular formula is C21H18N4O2. The molecule has 1 aliphatic heterocycles. The lowest BCUT2D eigenvalue weighted by atomic mass is 10.0. The molecule has 0 spiro atoms. The SMILES string of the molecule is C=c1c(C#N)c2[nH]c(N)c(C#N)c(C)c-2/c1=C\c1ccc(OC)c(OC)c1. The molecule has 2 aliphatic rings. The Kier molecular flexibility index (Phi) is 4.50. The molecule has 0 amide bonds. The first kappa shape index (κ1) is 17.9. The first-order chi connectivity index (χ1) is 13.0. The predicted octanol–water partition coefficient (Wildman–Crippen LogP) is 2.01. The number of nitrogens with zero attached hydrogens (tertiary/aromatic N) is 2. The van der Waals surface area contributed by atoms with Gasteiger partial charge < -0.3 is 20.2 Å². The number of rotatable bonds is 3. The van der Waals surface area contributed by atoms with E-state index in [0.29, 0.717) is 39.1 Å². The van der Waals surface area contributed by atoms with Crippen LogP contribution in [0.1, 0.15) is 22.3 Å². The summed E-state index contributed by atoms with van der Waals surface area (Å²) in [5.74, 6) is 1.46. The van der Waals surface area contributed by atoms with Crippen LogP contribution in [0.4, 0.5) is 5.82 Å². The van der Waals surface area contributed by atoms with Crippen molar-refractivity contribution < 1.29 is 9.47 Å². The van der Waals surface area contributed by atoms with Gasteiger partial charge in [0.2, 0.25) is 0 Å². The van der Waals surface area contributed by atoms with Gasteiger partial charge in [-0.15, -0.1) is 0 Å². The van der Waals surface area contributed by atoms with E-state index in [9.17, 15) is 10.5 Å². The average Bonchev–Trinajstić information content (AvgIpc) is 2.92. The molecule has 0 saturated carbocycles. The molecule has 27 heavy (non-hydrogen) atoms. The molecule has 1 aromatic rings. The van der Waals surface area contributed by atoms with E-state index in [-0.39, 0.29) is 5.82 Å². The van der Waals surface area contributed by atoms with Crippen LogP contribution >= 0.6 is 0 Å². The Balaban J connectivity index is 2.41. The van der Waals surface area contributed by atoms with Crippen molar-refractivity contribution in [3.8, 4) is 34.9 Å². The molecule has 3 rings (SSSR count). The third-order valence-corrected chi connectivity index (χ3v) is 4.62. The van der Waals surface area contributed by atoms with Gasteiger partial charge in [0.1, 0.15) is 18.0 Å². The average molecular weight is 358 g/mol. The second-order valence-electron chi connectivity index (χ2n) is 6.04. The molecule has 1 aliphatic carbocycles. The summed E-state index contributed by atoms with van der Waals surface area (Å²) in [7, 11) is 3.15. The standard InChI is InChI=1S/C21H18N4O2/c1-11-14(7-13-5-6-17(26-3)18(8-13)27-4)19-12(2)16(10-23)21(24)25-20(19)15(11)9-22/h5-8,25H,1,24H2,2-4H3/b14-7-. The maximum Gasteiger partial charge on any atom is 0.161 e. The van der Waals surface area contributed by atoms with Gasteiger partial charge in [-0.25, -0.2) is 0 Å². The Bertz CT molecular complexity index is 1210. The van der Waals surface area contributed by atoms with Gasteiger partial charge in [0.05, 0.1) is 31.0 Å². The second-order valence-corrected chi connectivity index (χ2v) is 6.04. The summed E-state index contributed by atoms with van der Waals surface area (Å²) in [6.07, 6.45) is 1.91. The van der Waals surface area contributed by atoms with Gasteiger partial charge in [0, 0.05) is 5.56 Å².